The van der Waals surface area contributed by atoms with E-state index in [9.17, 15) is 9.59 Å². The molecule has 5 nitrogen and oxygen atoms in total. The summed E-state index contributed by atoms with van der Waals surface area (Å²) in [5.74, 6) is -0.242. The van der Waals surface area contributed by atoms with Crippen LogP contribution in [-0.2, 0) is 16.2 Å². The monoisotopic (exact) mass is 554 g/mol. The van der Waals surface area contributed by atoms with Crippen LogP contribution in [0.5, 0.6) is 5.75 Å². The van der Waals surface area contributed by atoms with Crippen molar-refractivity contribution in [3.8, 4) is 5.75 Å². The average Bonchev–Trinajstić information content (AvgIpc) is 3.00. The van der Waals surface area contributed by atoms with Gasteiger partial charge in [0.2, 0.25) is 0 Å². The molecule has 6 heteroatoms. The summed E-state index contributed by atoms with van der Waals surface area (Å²) >= 11 is 5.68. The van der Waals surface area contributed by atoms with Crippen molar-refractivity contribution in [1.29, 1.82) is 0 Å². The molecular formula is C35H26N2O3S. The summed E-state index contributed by atoms with van der Waals surface area (Å²) in [7, 11) is 0. The number of ether oxygens (including phenoxy) is 1. The Hall–Kier alpha value is -5.07. The van der Waals surface area contributed by atoms with Gasteiger partial charge in [0.15, 0.2) is 5.11 Å². The van der Waals surface area contributed by atoms with Crippen LogP contribution in [0.2, 0.25) is 0 Å². The number of rotatable bonds is 6. The fourth-order valence-corrected chi connectivity index (χ4v) is 5.33. The third-order valence-electron chi connectivity index (χ3n) is 7.13. The van der Waals surface area contributed by atoms with Gasteiger partial charge in [0.25, 0.3) is 11.8 Å². The van der Waals surface area contributed by atoms with Crippen molar-refractivity contribution >= 4 is 57.4 Å². The number of benzene rings is 5. The van der Waals surface area contributed by atoms with Crippen LogP contribution in [0, 0.1) is 6.92 Å². The van der Waals surface area contributed by atoms with Gasteiger partial charge in [-0.3, -0.25) is 19.4 Å². The fourth-order valence-electron chi connectivity index (χ4n) is 4.96. The summed E-state index contributed by atoms with van der Waals surface area (Å²) in [4.78, 5) is 30.2. The number of carbonyl (C=O) groups excluding carboxylic acids is 2. The zero-order valence-electron chi connectivity index (χ0n) is 22.4. The molecule has 1 aliphatic heterocycles. The first-order valence-corrected chi connectivity index (χ1v) is 13.7. The lowest BCUT2D eigenvalue weighted by atomic mass is 10.0. The van der Waals surface area contributed by atoms with Crippen LogP contribution in [0.4, 0.5) is 11.4 Å². The van der Waals surface area contributed by atoms with Crippen LogP contribution in [0.25, 0.3) is 16.8 Å². The first-order valence-electron chi connectivity index (χ1n) is 13.3. The largest absolute Gasteiger partial charge is 0.489 e. The van der Waals surface area contributed by atoms with E-state index in [0.29, 0.717) is 29.3 Å². The van der Waals surface area contributed by atoms with Gasteiger partial charge in [0.05, 0.1) is 11.4 Å². The quantitative estimate of drug-likeness (QED) is 0.124. The second kappa shape index (κ2) is 11.2. The predicted molar refractivity (Wildman–Crippen MR) is 168 cm³/mol. The molecule has 0 atom stereocenters. The zero-order valence-corrected chi connectivity index (χ0v) is 23.2. The molecule has 0 bridgehead atoms. The summed E-state index contributed by atoms with van der Waals surface area (Å²) in [6, 6.07) is 38.1. The minimum absolute atomic E-state index is 0.0198. The van der Waals surface area contributed by atoms with Crippen LogP contribution in [0.15, 0.2) is 127 Å². The Labute approximate surface area is 243 Å². The second-order valence-electron chi connectivity index (χ2n) is 9.73. The Bertz CT molecular complexity index is 1740. The lowest BCUT2D eigenvalue weighted by molar-refractivity contribution is -0.120. The number of nitrogens with zero attached hydrogens (tertiary/aromatic N) is 2. The van der Waals surface area contributed by atoms with E-state index < -0.39 is 11.8 Å². The highest BCUT2D eigenvalue weighted by molar-refractivity contribution is 7.81. The molecule has 1 fully saturated rings. The highest BCUT2D eigenvalue weighted by Crippen LogP contribution is 2.30. The van der Waals surface area contributed by atoms with E-state index in [0.717, 1.165) is 5.56 Å². The maximum atomic E-state index is 13.7. The first kappa shape index (κ1) is 26.2. The summed E-state index contributed by atoms with van der Waals surface area (Å²) in [6.45, 7) is 2.52. The normalized spacial score (nSPS) is 13.6. The van der Waals surface area contributed by atoms with E-state index in [4.69, 9.17) is 17.0 Å². The van der Waals surface area contributed by atoms with E-state index in [2.05, 4.69) is 31.2 Å². The maximum Gasteiger partial charge on any atom is 0.270 e. The molecule has 0 saturated carbocycles. The van der Waals surface area contributed by atoms with Crippen LogP contribution >= 0.6 is 12.2 Å². The summed E-state index contributed by atoms with van der Waals surface area (Å²) in [5.41, 5.74) is 4.22. The van der Waals surface area contributed by atoms with Gasteiger partial charge in [-0.1, -0.05) is 84.9 Å². The van der Waals surface area contributed by atoms with Crippen molar-refractivity contribution in [3.05, 3.63) is 144 Å². The fraction of sp³-hybridized carbons (Fsp3) is 0.0571. The van der Waals surface area contributed by atoms with Gasteiger partial charge in [-0.05, 0) is 83.5 Å². The molecule has 1 saturated heterocycles. The molecule has 1 aliphatic rings. The Balaban J connectivity index is 1.29. The number of para-hydroxylation sites is 2. The average molecular weight is 555 g/mol. The minimum Gasteiger partial charge on any atom is -0.489 e. The molecule has 0 radical (unpaired) electrons. The molecule has 5 aromatic carbocycles. The number of fused-ring (bicyclic) bond motifs is 1. The molecule has 200 valence electrons. The first-order chi connectivity index (χ1) is 20.0. The highest BCUT2D eigenvalue weighted by Gasteiger charge is 2.41. The van der Waals surface area contributed by atoms with Gasteiger partial charge in [-0.15, -0.1) is 0 Å². The van der Waals surface area contributed by atoms with Crippen molar-refractivity contribution in [3.63, 3.8) is 0 Å². The highest BCUT2D eigenvalue weighted by atomic mass is 32.1. The Morgan fingerprint density at radius 2 is 1.24 bits per heavy atom. The van der Waals surface area contributed by atoms with Gasteiger partial charge >= 0.3 is 0 Å². The van der Waals surface area contributed by atoms with Crippen molar-refractivity contribution in [2.24, 2.45) is 0 Å². The Morgan fingerprint density at radius 3 is 1.85 bits per heavy atom. The molecule has 6 rings (SSSR count). The molecule has 0 aliphatic carbocycles. The van der Waals surface area contributed by atoms with Crippen LogP contribution in [0.3, 0.4) is 0 Å². The number of thiocarbonyl (C=S) groups is 1. The number of hydrogen-bond donors (Lipinski definition) is 0. The number of carbonyl (C=O) groups is 2. The van der Waals surface area contributed by atoms with Crippen LogP contribution in [0.1, 0.15) is 16.7 Å². The van der Waals surface area contributed by atoms with Gasteiger partial charge in [-0.25, -0.2) is 0 Å². The summed E-state index contributed by atoms with van der Waals surface area (Å²) in [5, 5.41) is 2.46. The standard InChI is InChI=1S/C35H26N2O3S/c1-24-16-19-26-10-8-9-15-30(26)32(24)23-40-29-20-17-25(18-21-29)22-31-33(38)36(27-11-4-2-5-12-27)35(41)37(34(31)39)28-13-6-3-7-14-28/h2-22H,23H2,1H3. The molecule has 0 spiro atoms. The summed E-state index contributed by atoms with van der Waals surface area (Å²) in [6.07, 6.45) is 1.61. The molecular weight excluding hydrogens is 528 g/mol. The van der Waals surface area contributed by atoms with Crippen molar-refractivity contribution in [2.45, 2.75) is 13.5 Å². The van der Waals surface area contributed by atoms with E-state index in [1.54, 1.807) is 30.3 Å². The smallest absolute Gasteiger partial charge is 0.270 e. The SMILES string of the molecule is Cc1ccc2ccccc2c1COc1ccc(C=C2C(=O)N(c3ccccc3)C(=S)N(c3ccccc3)C2=O)cc1. The van der Waals surface area contributed by atoms with Gasteiger partial charge in [0, 0.05) is 5.56 Å². The van der Waals surface area contributed by atoms with E-state index in [-0.39, 0.29) is 10.7 Å². The number of anilines is 2. The van der Waals surface area contributed by atoms with E-state index in [1.807, 2.05) is 72.8 Å². The molecule has 5 aromatic rings. The molecule has 0 N–H and O–H groups in total. The molecule has 1 heterocycles. The van der Waals surface area contributed by atoms with Gasteiger partial charge < -0.3 is 4.74 Å². The third kappa shape index (κ3) is 5.13. The molecule has 41 heavy (non-hydrogen) atoms. The Kier molecular flexibility index (Phi) is 7.15. The van der Waals surface area contributed by atoms with E-state index >= 15 is 0 Å². The minimum atomic E-state index is -0.467. The zero-order chi connectivity index (χ0) is 28.3. The lowest BCUT2D eigenvalue weighted by Crippen LogP contribution is -2.56. The van der Waals surface area contributed by atoms with Gasteiger partial charge in [0.1, 0.15) is 17.9 Å². The lowest BCUT2D eigenvalue weighted by Gasteiger charge is -2.36. The molecule has 2 amide bonds. The molecule has 0 unspecified atom stereocenters. The Morgan fingerprint density at radius 1 is 0.683 bits per heavy atom. The van der Waals surface area contributed by atoms with Crippen LogP contribution in [-0.4, -0.2) is 16.9 Å². The van der Waals surface area contributed by atoms with E-state index in [1.165, 1.54) is 26.1 Å². The maximum absolute atomic E-state index is 13.7. The van der Waals surface area contributed by atoms with Crippen molar-refractivity contribution in [2.75, 3.05) is 9.80 Å². The van der Waals surface area contributed by atoms with Gasteiger partial charge in [-0.2, -0.15) is 0 Å². The van der Waals surface area contributed by atoms with Crippen molar-refractivity contribution in [1.82, 2.24) is 0 Å². The van der Waals surface area contributed by atoms with Crippen LogP contribution < -0.4 is 14.5 Å². The second-order valence-corrected chi connectivity index (χ2v) is 10.1. The topological polar surface area (TPSA) is 49.9 Å². The number of aryl methyl sites for hydroxylation is 1. The number of hydrogen-bond acceptors (Lipinski definition) is 4. The summed E-state index contributed by atoms with van der Waals surface area (Å²) < 4.78 is 6.14. The third-order valence-corrected chi connectivity index (χ3v) is 7.49. The van der Waals surface area contributed by atoms with Crippen molar-refractivity contribution < 1.29 is 14.3 Å². The predicted octanol–water partition coefficient (Wildman–Crippen LogP) is 7.48. The number of amides is 2. The molecule has 0 aromatic heterocycles.